The highest BCUT2D eigenvalue weighted by atomic mass is 16.6. The van der Waals surface area contributed by atoms with Gasteiger partial charge in [0.25, 0.3) is 5.91 Å². The Labute approximate surface area is 135 Å². The molecule has 0 spiro atoms. The van der Waals surface area contributed by atoms with E-state index in [1.54, 1.807) is 12.1 Å². The van der Waals surface area contributed by atoms with Crippen molar-refractivity contribution in [2.45, 2.75) is 39.7 Å². The highest BCUT2D eigenvalue weighted by Crippen LogP contribution is 2.27. The molecule has 0 radical (unpaired) electrons. The SMILES string of the molecule is CC.CC1=NOC(c2ccc(C(=O)NCCC(=O)NO)cc2)C1. The number of amides is 2. The molecule has 126 valence electrons. The van der Waals surface area contributed by atoms with E-state index in [0.717, 1.165) is 17.7 Å². The summed E-state index contributed by atoms with van der Waals surface area (Å²) in [5.74, 6) is -0.813. The monoisotopic (exact) mass is 321 g/mol. The van der Waals surface area contributed by atoms with Gasteiger partial charge in [0.1, 0.15) is 0 Å². The Hall–Kier alpha value is -2.41. The van der Waals surface area contributed by atoms with Gasteiger partial charge in [-0.05, 0) is 24.6 Å². The molecule has 1 aliphatic heterocycles. The van der Waals surface area contributed by atoms with Gasteiger partial charge in [0.05, 0.1) is 5.71 Å². The molecule has 0 aromatic heterocycles. The molecule has 1 unspecified atom stereocenters. The minimum atomic E-state index is -0.542. The van der Waals surface area contributed by atoms with Crippen LogP contribution < -0.4 is 10.8 Å². The van der Waals surface area contributed by atoms with Crippen molar-refractivity contribution in [2.75, 3.05) is 6.54 Å². The van der Waals surface area contributed by atoms with Gasteiger partial charge in [0, 0.05) is 24.9 Å². The topological polar surface area (TPSA) is 100 Å². The number of hydrogen-bond acceptors (Lipinski definition) is 5. The Kier molecular flexibility index (Phi) is 7.76. The standard InChI is InChI=1S/C14H17N3O4.C2H6/c1-9-8-12(21-17-9)10-2-4-11(5-3-10)14(19)15-7-6-13(18)16-20;1-2/h2-5,12,20H,6-8H2,1H3,(H,15,19)(H,16,18);1-2H3. The first kappa shape index (κ1) is 18.6. The number of benzene rings is 1. The lowest BCUT2D eigenvalue weighted by Gasteiger charge is -2.09. The first-order chi connectivity index (χ1) is 11.1. The summed E-state index contributed by atoms with van der Waals surface area (Å²) in [7, 11) is 0. The van der Waals surface area contributed by atoms with Crippen LogP contribution in [0, 0.1) is 0 Å². The highest BCUT2D eigenvalue weighted by molar-refractivity contribution is 5.94. The van der Waals surface area contributed by atoms with Crippen molar-refractivity contribution in [3.05, 3.63) is 35.4 Å². The van der Waals surface area contributed by atoms with Crippen molar-refractivity contribution in [2.24, 2.45) is 5.16 Å². The van der Waals surface area contributed by atoms with Crippen LogP contribution in [0.2, 0.25) is 0 Å². The molecule has 1 atom stereocenters. The van der Waals surface area contributed by atoms with Crippen molar-refractivity contribution in [1.82, 2.24) is 10.8 Å². The molecule has 0 saturated heterocycles. The fraction of sp³-hybridized carbons (Fsp3) is 0.438. The average molecular weight is 321 g/mol. The molecule has 1 aromatic carbocycles. The minimum absolute atomic E-state index is 0.0207. The van der Waals surface area contributed by atoms with E-state index < -0.39 is 5.91 Å². The van der Waals surface area contributed by atoms with Gasteiger partial charge in [0.2, 0.25) is 5.91 Å². The van der Waals surface area contributed by atoms with Gasteiger partial charge < -0.3 is 10.2 Å². The van der Waals surface area contributed by atoms with E-state index in [0.29, 0.717) is 5.56 Å². The number of carbonyl (C=O) groups is 2. The lowest BCUT2D eigenvalue weighted by atomic mass is 10.0. The molecule has 2 amide bonds. The van der Waals surface area contributed by atoms with Crippen molar-refractivity contribution in [3.63, 3.8) is 0 Å². The third kappa shape index (κ3) is 5.71. The van der Waals surface area contributed by atoms with Crippen LogP contribution >= 0.6 is 0 Å². The lowest BCUT2D eigenvalue weighted by molar-refractivity contribution is -0.129. The van der Waals surface area contributed by atoms with Gasteiger partial charge in [-0.15, -0.1) is 0 Å². The van der Waals surface area contributed by atoms with E-state index in [2.05, 4.69) is 10.5 Å². The van der Waals surface area contributed by atoms with Crippen molar-refractivity contribution in [3.8, 4) is 0 Å². The molecule has 2 rings (SSSR count). The van der Waals surface area contributed by atoms with Crippen LogP contribution in [0.5, 0.6) is 0 Å². The van der Waals surface area contributed by atoms with Crippen LogP contribution in [0.25, 0.3) is 0 Å². The quantitative estimate of drug-likeness (QED) is 0.571. The molecule has 0 fully saturated rings. The first-order valence-corrected chi connectivity index (χ1v) is 7.60. The van der Waals surface area contributed by atoms with E-state index in [1.165, 1.54) is 5.48 Å². The Morgan fingerprint density at radius 3 is 2.48 bits per heavy atom. The maximum atomic E-state index is 11.8. The van der Waals surface area contributed by atoms with Gasteiger partial charge >= 0.3 is 0 Å². The molecule has 0 bridgehead atoms. The number of oxime groups is 1. The zero-order valence-corrected chi connectivity index (χ0v) is 13.6. The van der Waals surface area contributed by atoms with E-state index in [1.807, 2.05) is 32.9 Å². The van der Waals surface area contributed by atoms with Gasteiger partial charge in [-0.2, -0.15) is 0 Å². The molecule has 0 saturated carbocycles. The summed E-state index contributed by atoms with van der Waals surface area (Å²) >= 11 is 0. The van der Waals surface area contributed by atoms with E-state index in [4.69, 9.17) is 10.0 Å². The lowest BCUT2D eigenvalue weighted by Crippen LogP contribution is -2.29. The summed E-state index contributed by atoms with van der Waals surface area (Å²) in [6.07, 6.45) is 0.685. The second-order valence-corrected chi connectivity index (χ2v) is 4.79. The number of nitrogens with zero attached hydrogens (tertiary/aromatic N) is 1. The number of rotatable bonds is 5. The largest absolute Gasteiger partial charge is 0.387 e. The summed E-state index contributed by atoms with van der Waals surface area (Å²) in [6.45, 7) is 6.07. The second kappa shape index (κ2) is 9.58. The maximum Gasteiger partial charge on any atom is 0.251 e. The normalized spacial score (nSPS) is 15.7. The zero-order chi connectivity index (χ0) is 17.2. The van der Waals surface area contributed by atoms with Crippen LogP contribution in [0.4, 0.5) is 0 Å². The predicted molar refractivity (Wildman–Crippen MR) is 86.2 cm³/mol. The van der Waals surface area contributed by atoms with Gasteiger partial charge in [0.15, 0.2) is 6.10 Å². The summed E-state index contributed by atoms with van der Waals surface area (Å²) < 4.78 is 0. The van der Waals surface area contributed by atoms with Gasteiger partial charge in [-0.25, -0.2) is 5.48 Å². The molecule has 1 aromatic rings. The number of hydroxylamine groups is 1. The zero-order valence-electron chi connectivity index (χ0n) is 13.6. The summed E-state index contributed by atoms with van der Waals surface area (Å²) in [5.41, 5.74) is 3.92. The Bertz CT molecular complexity index is 555. The second-order valence-electron chi connectivity index (χ2n) is 4.79. The van der Waals surface area contributed by atoms with Crippen LogP contribution in [0.3, 0.4) is 0 Å². The first-order valence-electron chi connectivity index (χ1n) is 7.60. The van der Waals surface area contributed by atoms with E-state index in [-0.39, 0.29) is 25.0 Å². The molecule has 7 nitrogen and oxygen atoms in total. The number of hydrogen-bond donors (Lipinski definition) is 3. The third-order valence-electron chi connectivity index (χ3n) is 3.12. The summed E-state index contributed by atoms with van der Waals surface area (Å²) in [5, 5.41) is 14.8. The van der Waals surface area contributed by atoms with Crippen molar-refractivity contribution in [1.29, 1.82) is 0 Å². The third-order valence-corrected chi connectivity index (χ3v) is 3.12. The van der Waals surface area contributed by atoms with Gasteiger partial charge in [-0.3, -0.25) is 14.8 Å². The molecule has 1 heterocycles. The maximum absolute atomic E-state index is 11.8. The van der Waals surface area contributed by atoms with Gasteiger partial charge in [-0.1, -0.05) is 31.1 Å². The summed E-state index contributed by atoms with van der Waals surface area (Å²) in [6, 6.07) is 7.06. The van der Waals surface area contributed by atoms with Crippen molar-refractivity contribution < 1.29 is 19.6 Å². The van der Waals surface area contributed by atoms with E-state index >= 15 is 0 Å². The Morgan fingerprint density at radius 2 is 1.96 bits per heavy atom. The minimum Gasteiger partial charge on any atom is -0.387 e. The molecular formula is C16H23N3O4. The number of nitrogens with one attached hydrogen (secondary N) is 2. The van der Waals surface area contributed by atoms with Crippen LogP contribution in [-0.2, 0) is 9.63 Å². The van der Waals surface area contributed by atoms with Crippen LogP contribution in [-0.4, -0.2) is 29.3 Å². The van der Waals surface area contributed by atoms with E-state index in [9.17, 15) is 9.59 Å². The Balaban J connectivity index is 0.00000127. The Morgan fingerprint density at radius 1 is 1.30 bits per heavy atom. The van der Waals surface area contributed by atoms with Crippen molar-refractivity contribution >= 4 is 17.5 Å². The fourth-order valence-corrected chi connectivity index (χ4v) is 1.97. The highest BCUT2D eigenvalue weighted by Gasteiger charge is 2.20. The number of carbonyl (C=O) groups excluding carboxylic acids is 2. The predicted octanol–water partition coefficient (Wildman–Crippen LogP) is 2.18. The molecule has 1 aliphatic rings. The fourth-order valence-electron chi connectivity index (χ4n) is 1.97. The molecule has 3 N–H and O–H groups in total. The van der Waals surface area contributed by atoms with Crippen LogP contribution in [0.15, 0.2) is 29.4 Å². The smallest absolute Gasteiger partial charge is 0.251 e. The molecule has 23 heavy (non-hydrogen) atoms. The molecule has 7 heteroatoms. The molecule has 0 aliphatic carbocycles. The molecular weight excluding hydrogens is 298 g/mol. The summed E-state index contributed by atoms with van der Waals surface area (Å²) in [4.78, 5) is 27.9. The van der Waals surface area contributed by atoms with Crippen LogP contribution in [0.1, 0.15) is 55.6 Å². The average Bonchev–Trinajstić information content (AvgIpc) is 3.03.